The number of ether oxygens (including phenoxy) is 1. The van der Waals surface area contributed by atoms with Gasteiger partial charge in [-0.3, -0.25) is 9.59 Å². The summed E-state index contributed by atoms with van der Waals surface area (Å²) in [4.78, 5) is 29.4. The molecular formula is C29H44N2O3. The second-order valence-electron chi connectivity index (χ2n) is 13.3. The summed E-state index contributed by atoms with van der Waals surface area (Å²) in [6, 6.07) is 0.976. The van der Waals surface area contributed by atoms with E-state index in [4.69, 9.17) is 4.74 Å². The second-order valence-corrected chi connectivity index (χ2v) is 13.3. The molecule has 6 rings (SSSR count). The van der Waals surface area contributed by atoms with Gasteiger partial charge in [-0.2, -0.15) is 0 Å². The number of fused-ring (bicyclic) bond motifs is 4. The Morgan fingerprint density at radius 1 is 1.06 bits per heavy atom. The fourth-order valence-corrected chi connectivity index (χ4v) is 10.0. The first-order valence-electron chi connectivity index (χ1n) is 14.0. The van der Waals surface area contributed by atoms with Crippen molar-refractivity contribution < 1.29 is 14.3 Å². The van der Waals surface area contributed by atoms with Gasteiger partial charge in [-0.15, -0.1) is 0 Å². The van der Waals surface area contributed by atoms with Crippen molar-refractivity contribution in [2.24, 2.45) is 34.5 Å². The second kappa shape index (κ2) is 7.57. The molecule has 1 saturated heterocycles. The standard InChI is InChI=1S/C29H44N2O3/c1-18-23-8-9-25-22-7-6-20-16-21(31(5)26(33)29(14-15-29)34-19(2)32)10-12-27(20,3)24(22)11-13-28(23,25)17-30(18)4/h6,18,21-25H,7-17H2,1-5H3/t18-,21-,22+,23+,24?,25-,27-,28-/m0/s1. The number of hydrogen-bond acceptors (Lipinski definition) is 4. The third-order valence-electron chi connectivity index (χ3n) is 12.0. The zero-order chi connectivity index (χ0) is 24.0. The van der Waals surface area contributed by atoms with Crippen molar-refractivity contribution in [1.29, 1.82) is 0 Å². The minimum absolute atomic E-state index is 0.0154. The van der Waals surface area contributed by atoms with Gasteiger partial charge in [0.2, 0.25) is 0 Å². The minimum atomic E-state index is -0.865. The topological polar surface area (TPSA) is 49.9 Å². The fourth-order valence-electron chi connectivity index (χ4n) is 10.0. The van der Waals surface area contributed by atoms with Gasteiger partial charge < -0.3 is 14.5 Å². The molecular weight excluding hydrogens is 424 g/mol. The highest BCUT2D eigenvalue weighted by Crippen LogP contribution is 2.68. The molecule has 1 aliphatic heterocycles. The van der Waals surface area contributed by atoms with E-state index >= 15 is 0 Å². The van der Waals surface area contributed by atoms with Gasteiger partial charge in [0.15, 0.2) is 5.60 Å². The summed E-state index contributed by atoms with van der Waals surface area (Å²) < 4.78 is 5.46. The van der Waals surface area contributed by atoms with Crippen LogP contribution >= 0.6 is 0 Å². The number of nitrogens with zero attached hydrogens (tertiary/aromatic N) is 2. The van der Waals surface area contributed by atoms with Gasteiger partial charge in [0.05, 0.1) is 0 Å². The van der Waals surface area contributed by atoms with E-state index in [0.29, 0.717) is 23.7 Å². The molecule has 0 aromatic rings. The van der Waals surface area contributed by atoms with Crippen molar-refractivity contribution >= 4 is 11.9 Å². The maximum Gasteiger partial charge on any atom is 0.303 e. The summed E-state index contributed by atoms with van der Waals surface area (Å²) in [5.74, 6) is 3.13. The van der Waals surface area contributed by atoms with E-state index in [-0.39, 0.29) is 17.9 Å². The van der Waals surface area contributed by atoms with E-state index in [1.54, 1.807) is 5.57 Å². The number of carbonyl (C=O) groups excluding carboxylic acids is 2. The molecule has 0 bridgehead atoms. The van der Waals surface area contributed by atoms with Crippen LogP contribution in [0.5, 0.6) is 0 Å². The highest BCUT2D eigenvalue weighted by atomic mass is 16.6. The van der Waals surface area contributed by atoms with Crippen LogP contribution in [-0.4, -0.2) is 60.0 Å². The SMILES string of the molecule is CC(=O)OC1(C(=O)N(C)[C@H]2CC[C@@]3(C)C(=CC[C@@H]4C3CC[C@]35CN(C)[C@@H](C)[C@H]3CC[C@@H]45)C2)CC1. The Balaban J connectivity index is 1.20. The quantitative estimate of drug-likeness (QED) is 0.441. The molecule has 4 saturated carbocycles. The Bertz CT molecular complexity index is 924. The van der Waals surface area contributed by atoms with Crippen molar-refractivity contribution in [2.45, 2.75) is 103 Å². The number of allylic oxidation sites excluding steroid dienone is 1. The van der Waals surface area contributed by atoms with Gasteiger partial charge in [-0.05, 0) is 99.8 Å². The maximum absolute atomic E-state index is 13.2. The Hall–Kier alpha value is -1.36. The van der Waals surface area contributed by atoms with E-state index < -0.39 is 5.60 Å². The summed E-state index contributed by atoms with van der Waals surface area (Å²) in [6.07, 6.45) is 14.1. The van der Waals surface area contributed by atoms with Crippen LogP contribution in [0.2, 0.25) is 0 Å². The molecule has 34 heavy (non-hydrogen) atoms. The molecule has 0 aromatic heterocycles. The molecule has 5 fully saturated rings. The predicted molar refractivity (Wildman–Crippen MR) is 132 cm³/mol. The Labute approximate surface area is 205 Å². The van der Waals surface area contributed by atoms with E-state index in [1.165, 1.54) is 52.0 Å². The molecule has 1 spiro atoms. The average Bonchev–Trinajstić information content (AvgIpc) is 3.40. The van der Waals surface area contributed by atoms with Crippen LogP contribution in [0.25, 0.3) is 0 Å². The van der Waals surface area contributed by atoms with Gasteiger partial charge in [0.25, 0.3) is 5.91 Å². The highest BCUT2D eigenvalue weighted by Gasteiger charge is 2.64. The number of hydrogen-bond donors (Lipinski definition) is 0. The predicted octanol–water partition coefficient (Wildman–Crippen LogP) is 4.80. The zero-order valence-electron chi connectivity index (χ0n) is 21.9. The first-order valence-corrected chi connectivity index (χ1v) is 14.0. The van der Waals surface area contributed by atoms with Crippen LogP contribution in [0, 0.1) is 34.5 Å². The van der Waals surface area contributed by atoms with E-state index in [0.717, 1.165) is 42.6 Å². The lowest BCUT2D eigenvalue weighted by molar-refractivity contribution is -0.162. The van der Waals surface area contributed by atoms with Gasteiger partial charge in [0.1, 0.15) is 0 Å². The molecule has 6 aliphatic rings. The monoisotopic (exact) mass is 468 g/mol. The molecule has 0 aromatic carbocycles. The molecule has 5 aliphatic carbocycles. The molecule has 188 valence electrons. The van der Waals surface area contributed by atoms with Crippen LogP contribution in [0.1, 0.15) is 85.0 Å². The van der Waals surface area contributed by atoms with Crippen LogP contribution in [0.4, 0.5) is 0 Å². The molecule has 5 nitrogen and oxygen atoms in total. The average molecular weight is 469 g/mol. The minimum Gasteiger partial charge on any atom is -0.449 e. The normalized spacial score (nSPS) is 46.4. The van der Waals surface area contributed by atoms with Crippen molar-refractivity contribution in [3.8, 4) is 0 Å². The molecule has 0 N–H and O–H groups in total. The third-order valence-corrected chi connectivity index (χ3v) is 12.0. The molecule has 5 heteroatoms. The van der Waals surface area contributed by atoms with Crippen molar-refractivity contribution in [2.75, 3.05) is 20.6 Å². The molecule has 1 amide bonds. The first-order chi connectivity index (χ1) is 16.1. The van der Waals surface area contributed by atoms with Gasteiger partial charge in [-0.1, -0.05) is 18.6 Å². The third kappa shape index (κ3) is 3.07. The lowest BCUT2D eigenvalue weighted by atomic mass is 9.47. The smallest absolute Gasteiger partial charge is 0.303 e. The fraction of sp³-hybridized carbons (Fsp3) is 0.862. The van der Waals surface area contributed by atoms with Crippen LogP contribution < -0.4 is 0 Å². The van der Waals surface area contributed by atoms with Crippen LogP contribution in [0.3, 0.4) is 0 Å². The van der Waals surface area contributed by atoms with Crippen molar-refractivity contribution in [1.82, 2.24) is 9.80 Å². The summed E-state index contributed by atoms with van der Waals surface area (Å²) >= 11 is 0. The van der Waals surface area contributed by atoms with Crippen LogP contribution in [0.15, 0.2) is 11.6 Å². The number of likely N-dealkylation sites (tertiary alicyclic amines) is 1. The largest absolute Gasteiger partial charge is 0.449 e. The van der Waals surface area contributed by atoms with Gasteiger partial charge >= 0.3 is 5.97 Å². The number of esters is 1. The summed E-state index contributed by atoms with van der Waals surface area (Å²) in [6.45, 7) is 7.76. The van der Waals surface area contributed by atoms with E-state index in [9.17, 15) is 9.59 Å². The van der Waals surface area contributed by atoms with Gasteiger partial charge in [0, 0.05) is 45.4 Å². The molecule has 0 radical (unpaired) electrons. The number of amides is 1. The van der Waals surface area contributed by atoms with Crippen molar-refractivity contribution in [3.63, 3.8) is 0 Å². The summed E-state index contributed by atoms with van der Waals surface area (Å²) in [7, 11) is 4.29. The Kier molecular flexibility index (Phi) is 5.14. The van der Waals surface area contributed by atoms with E-state index in [2.05, 4.69) is 31.9 Å². The summed E-state index contributed by atoms with van der Waals surface area (Å²) in [5, 5.41) is 0. The maximum atomic E-state index is 13.2. The molecule has 1 unspecified atom stereocenters. The first kappa shape index (κ1) is 23.1. The zero-order valence-corrected chi connectivity index (χ0v) is 21.9. The van der Waals surface area contributed by atoms with Crippen molar-refractivity contribution in [3.05, 3.63) is 11.6 Å². The van der Waals surface area contributed by atoms with E-state index in [1.807, 2.05) is 11.9 Å². The summed E-state index contributed by atoms with van der Waals surface area (Å²) in [5.41, 5.74) is 1.63. The molecule has 8 atom stereocenters. The van der Waals surface area contributed by atoms with Gasteiger partial charge in [-0.25, -0.2) is 0 Å². The lowest BCUT2D eigenvalue weighted by Crippen LogP contribution is -2.53. The van der Waals surface area contributed by atoms with Crippen LogP contribution in [-0.2, 0) is 14.3 Å². The molecule has 1 heterocycles. The Morgan fingerprint density at radius 2 is 1.79 bits per heavy atom. The number of rotatable bonds is 3. The number of likely N-dealkylation sites (N-methyl/N-ethyl adjacent to an activating group) is 1. The highest BCUT2D eigenvalue weighted by molar-refractivity contribution is 5.90. The Morgan fingerprint density at radius 3 is 2.50 bits per heavy atom. The number of carbonyl (C=O) groups is 2. The lowest BCUT2D eigenvalue weighted by Gasteiger charge is -2.58.